The molecule has 0 amide bonds. The van der Waals surface area contributed by atoms with Crippen molar-refractivity contribution in [2.24, 2.45) is 0 Å². The van der Waals surface area contributed by atoms with Gasteiger partial charge in [-0.15, -0.1) is 11.3 Å². The molecule has 6 nitrogen and oxygen atoms in total. The van der Waals surface area contributed by atoms with E-state index in [9.17, 15) is 13.2 Å². The van der Waals surface area contributed by atoms with Crippen LogP contribution in [0.4, 0.5) is 13.2 Å². The molecule has 23 heavy (non-hydrogen) atoms. The molecule has 0 aromatic carbocycles. The minimum absolute atomic E-state index is 0.567. The number of hydrogen-bond donors (Lipinski definition) is 2. The lowest BCUT2D eigenvalue weighted by atomic mass is 10.2. The first-order chi connectivity index (χ1) is 10.9. The number of thiazole rings is 1. The molecule has 1 unspecified atom stereocenters. The molecule has 0 radical (unpaired) electrons. The second-order valence-electron chi connectivity index (χ2n) is 4.80. The molecule has 1 aliphatic heterocycles. The van der Waals surface area contributed by atoms with Gasteiger partial charge in [0.2, 0.25) is 0 Å². The van der Waals surface area contributed by atoms with Gasteiger partial charge in [-0.1, -0.05) is 0 Å². The summed E-state index contributed by atoms with van der Waals surface area (Å²) in [6.45, 7) is 1.88. The normalized spacial score (nSPS) is 16.6. The summed E-state index contributed by atoms with van der Waals surface area (Å²) in [5.74, 6) is -1.53. The maximum absolute atomic E-state index is 10.6. The molecule has 10 heteroatoms. The summed E-state index contributed by atoms with van der Waals surface area (Å²) in [7, 11) is 0. The number of hydrogen-bond acceptors (Lipinski definition) is 5. The number of aryl methyl sites for hydroxylation is 1. The van der Waals surface area contributed by atoms with Gasteiger partial charge in [0.1, 0.15) is 10.8 Å². The average molecular weight is 348 g/mol. The SMILES string of the molecule is O=C(O)C(F)(F)F.c1csc(CNCC2CCc3nccn32)n1. The molecule has 1 atom stereocenters. The van der Waals surface area contributed by atoms with Gasteiger partial charge in [-0.2, -0.15) is 13.2 Å². The number of nitrogens with one attached hydrogen (secondary N) is 1. The molecule has 0 aliphatic carbocycles. The van der Waals surface area contributed by atoms with E-state index in [0.29, 0.717) is 6.04 Å². The lowest BCUT2D eigenvalue weighted by Crippen LogP contribution is -2.22. The van der Waals surface area contributed by atoms with E-state index in [1.807, 2.05) is 17.8 Å². The molecule has 2 N–H and O–H groups in total. The van der Waals surface area contributed by atoms with Crippen LogP contribution in [0.25, 0.3) is 0 Å². The predicted octanol–water partition coefficient (Wildman–Crippen LogP) is 2.25. The fourth-order valence-corrected chi connectivity index (χ4v) is 2.78. The number of imidazole rings is 1. The molecule has 2 aromatic heterocycles. The second kappa shape index (κ2) is 7.55. The Bertz CT molecular complexity index is 627. The Hall–Kier alpha value is -1.94. The summed E-state index contributed by atoms with van der Waals surface area (Å²) >= 11 is 1.70. The standard InChI is InChI=1S/C11H14N4S.C2HF3O2/c1-2-10-13-3-5-15(10)9(1)7-12-8-11-14-4-6-16-11;3-2(4,5)1(6)7/h3-6,9,12H,1-2,7-8H2;(H,6,7). The van der Waals surface area contributed by atoms with Crippen LogP contribution in [0.2, 0.25) is 0 Å². The highest BCUT2D eigenvalue weighted by Gasteiger charge is 2.38. The minimum Gasteiger partial charge on any atom is -0.475 e. The third kappa shape index (κ3) is 5.03. The number of aromatic nitrogens is 3. The molecule has 1 aliphatic rings. The summed E-state index contributed by atoms with van der Waals surface area (Å²) < 4.78 is 34.0. The van der Waals surface area contributed by atoms with Crippen molar-refractivity contribution in [3.05, 3.63) is 34.8 Å². The van der Waals surface area contributed by atoms with Crippen LogP contribution in [0.5, 0.6) is 0 Å². The maximum Gasteiger partial charge on any atom is 0.490 e. The highest BCUT2D eigenvalue weighted by Crippen LogP contribution is 2.23. The van der Waals surface area contributed by atoms with Gasteiger partial charge in [-0.25, -0.2) is 14.8 Å². The van der Waals surface area contributed by atoms with E-state index < -0.39 is 12.1 Å². The highest BCUT2D eigenvalue weighted by atomic mass is 32.1. The number of aliphatic carboxylic acids is 1. The quantitative estimate of drug-likeness (QED) is 0.886. The zero-order valence-corrected chi connectivity index (χ0v) is 12.8. The van der Waals surface area contributed by atoms with Crippen molar-refractivity contribution in [1.29, 1.82) is 0 Å². The van der Waals surface area contributed by atoms with Crippen LogP contribution < -0.4 is 5.32 Å². The van der Waals surface area contributed by atoms with Crippen molar-refractivity contribution >= 4 is 17.3 Å². The van der Waals surface area contributed by atoms with Crippen molar-refractivity contribution in [3.8, 4) is 0 Å². The summed E-state index contributed by atoms with van der Waals surface area (Å²) in [6.07, 6.45) is 3.05. The largest absolute Gasteiger partial charge is 0.490 e. The number of fused-ring (bicyclic) bond motifs is 1. The summed E-state index contributed by atoms with van der Waals surface area (Å²) in [5, 5.41) is 13.8. The van der Waals surface area contributed by atoms with E-state index in [2.05, 4.69) is 26.0 Å². The van der Waals surface area contributed by atoms with Crippen molar-refractivity contribution < 1.29 is 23.1 Å². The number of alkyl halides is 3. The van der Waals surface area contributed by atoms with Gasteiger partial charge in [0.15, 0.2) is 0 Å². The Labute approximate surface area is 134 Å². The predicted molar refractivity (Wildman–Crippen MR) is 77.1 cm³/mol. The Morgan fingerprint density at radius 3 is 2.78 bits per heavy atom. The molecule has 0 spiro atoms. The topological polar surface area (TPSA) is 80.0 Å². The smallest absolute Gasteiger partial charge is 0.475 e. The van der Waals surface area contributed by atoms with Gasteiger partial charge in [-0.05, 0) is 6.42 Å². The number of carbonyl (C=O) groups is 1. The number of halogens is 3. The van der Waals surface area contributed by atoms with Crippen LogP contribution in [0.3, 0.4) is 0 Å². The van der Waals surface area contributed by atoms with Gasteiger partial charge >= 0.3 is 12.1 Å². The van der Waals surface area contributed by atoms with Crippen LogP contribution in [0.15, 0.2) is 24.0 Å². The zero-order chi connectivity index (χ0) is 16.9. The van der Waals surface area contributed by atoms with E-state index in [4.69, 9.17) is 9.90 Å². The van der Waals surface area contributed by atoms with Crippen LogP contribution in [-0.4, -0.2) is 38.3 Å². The lowest BCUT2D eigenvalue weighted by Gasteiger charge is -2.12. The number of carboxylic acid groups (broad SMARTS) is 1. The summed E-state index contributed by atoms with van der Waals surface area (Å²) in [4.78, 5) is 17.5. The fraction of sp³-hybridized carbons (Fsp3) is 0.462. The van der Waals surface area contributed by atoms with E-state index >= 15 is 0 Å². The molecular weight excluding hydrogens is 333 g/mol. The lowest BCUT2D eigenvalue weighted by molar-refractivity contribution is -0.192. The van der Waals surface area contributed by atoms with Gasteiger partial charge < -0.3 is 15.0 Å². The highest BCUT2D eigenvalue weighted by molar-refractivity contribution is 7.09. The third-order valence-corrected chi connectivity index (χ3v) is 4.01. The Kier molecular flexibility index (Phi) is 5.72. The van der Waals surface area contributed by atoms with Crippen LogP contribution in [0.1, 0.15) is 23.3 Å². The Balaban J connectivity index is 0.000000236. The van der Waals surface area contributed by atoms with Crippen molar-refractivity contribution in [1.82, 2.24) is 19.9 Å². The monoisotopic (exact) mass is 348 g/mol. The molecule has 126 valence electrons. The summed E-state index contributed by atoms with van der Waals surface area (Å²) in [5.41, 5.74) is 0. The first-order valence-electron chi connectivity index (χ1n) is 6.79. The Morgan fingerprint density at radius 1 is 1.43 bits per heavy atom. The van der Waals surface area contributed by atoms with Crippen LogP contribution in [-0.2, 0) is 17.8 Å². The van der Waals surface area contributed by atoms with Crippen LogP contribution in [0, 0.1) is 0 Å². The molecule has 3 rings (SSSR count). The van der Waals surface area contributed by atoms with Gasteiger partial charge in [0.05, 0.1) is 0 Å². The second-order valence-corrected chi connectivity index (χ2v) is 5.78. The molecule has 3 heterocycles. The van der Waals surface area contributed by atoms with E-state index in [0.717, 1.165) is 24.5 Å². The zero-order valence-electron chi connectivity index (χ0n) is 12.0. The van der Waals surface area contributed by atoms with Gasteiger partial charge in [0, 0.05) is 49.5 Å². The van der Waals surface area contributed by atoms with Gasteiger partial charge in [0.25, 0.3) is 0 Å². The summed E-state index contributed by atoms with van der Waals surface area (Å²) in [6, 6.07) is 0.567. The number of carboxylic acids is 1. The van der Waals surface area contributed by atoms with Crippen molar-refractivity contribution in [2.45, 2.75) is 31.6 Å². The maximum atomic E-state index is 10.6. The first kappa shape index (κ1) is 17.4. The van der Waals surface area contributed by atoms with Crippen LogP contribution >= 0.6 is 11.3 Å². The molecule has 0 fully saturated rings. The van der Waals surface area contributed by atoms with Crippen molar-refractivity contribution in [3.63, 3.8) is 0 Å². The van der Waals surface area contributed by atoms with E-state index in [1.54, 1.807) is 11.3 Å². The van der Waals surface area contributed by atoms with Gasteiger partial charge in [-0.3, -0.25) is 0 Å². The molecule has 0 saturated carbocycles. The van der Waals surface area contributed by atoms with Crippen molar-refractivity contribution in [2.75, 3.05) is 6.54 Å². The van der Waals surface area contributed by atoms with E-state index in [1.165, 1.54) is 12.2 Å². The average Bonchev–Trinajstić information content (AvgIpc) is 3.17. The fourth-order valence-electron chi connectivity index (χ4n) is 2.19. The van der Waals surface area contributed by atoms with E-state index in [-0.39, 0.29) is 0 Å². The molecule has 0 saturated heterocycles. The number of nitrogens with zero attached hydrogens (tertiary/aromatic N) is 3. The Morgan fingerprint density at radius 2 is 2.17 bits per heavy atom. The molecule has 2 aromatic rings. The first-order valence-corrected chi connectivity index (χ1v) is 7.67. The number of rotatable bonds is 4. The molecule has 0 bridgehead atoms. The molecular formula is C13H15F3N4O2S. The minimum atomic E-state index is -5.08. The third-order valence-electron chi connectivity index (χ3n) is 3.23.